The predicted molar refractivity (Wildman–Crippen MR) is 99.1 cm³/mol. The maximum Gasteiger partial charge on any atom is 0.270 e. The predicted octanol–water partition coefficient (Wildman–Crippen LogP) is 4.28. The molecule has 0 unspecified atom stereocenters. The second kappa shape index (κ2) is 7.31. The summed E-state index contributed by atoms with van der Waals surface area (Å²) in [5.74, 6) is -0.542. The van der Waals surface area contributed by atoms with Gasteiger partial charge >= 0.3 is 0 Å². The smallest absolute Gasteiger partial charge is 0.270 e. The molecule has 0 aromatic heterocycles. The van der Waals surface area contributed by atoms with Gasteiger partial charge in [0.25, 0.3) is 11.6 Å². The van der Waals surface area contributed by atoms with Crippen LogP contribution in [0.1, 0.15) is 23.2 Å². The van der Waals surface area contributed by atoms with E-state index in [1.54, 1.807) is 23.1 Å². The van der Waals surface area contributed by atoms with Crippen LogP contribution < -0.4 is 10.2 Å². The first kappa shape index (κ1) is 18.2. The number of nitro groups is 1. The summed E-state index contributed by atoms with van der Waals surface area (Å²) < 4.78 is 0. The lowest BCUT2D eigenvalue weighted by Crippen LogP contribution is -2.23. The van der Waals surface area contributed by atoms with Crippen LogP contribution in [-0.2, 0) is 4.79 Å². The van der Waals surface area contributed by atoms with Gasteiger partial charge in [-0.25, -0.2) is 0 Å². The van der Waals surface area contributed by atoms with Gasteiger partial charge in [-0.2, -0.15) is 0 Å². The van der Waals surface area contributed by atoms with Crippen LogP contribution in [-0.4, -0.2) is 23.3 Å². The molecule has 7 nitrogen and oxygen atoms in total. The quantitative estimate of drug-likeness (QED) is 0.619. The van der Waals surface area contributed by atoms with Crippen LogP contribution in [0.3, 0.4) is 0 Å². The van der Waals surface area contributed by atoms with Gasteiger partial charge in [0.1, 0.15) is 0 Å². The van der Waals surface area contributed by atoms with Gasteiger partial charge in [0.05, 0.1) is 26.2 Å². The van der Waals surface area contributed by atoms with Gasteiger partial charge in [0.15, 0.2) is 0 Å². The van der Waals surface area contributed by atoms with Crippen LogP contribution in [0, 0.1) is 10.1 Å². The lowest BCUT2D eigenvalue weighted by molar-refractivity contribution is -0.384. The summed E-state index contributed by atoms with van der Waals surface area (Å²) in [4.78, 5) is 36.1. The Balaban J connectivity index is 1.85. The Morgan fingerprint density at radius 2 is 1.92 bits per heavy atom. The van der Waals surface area contributed by atoms with Gasteiger partial charge < -0.3 is 10.2 Å². The number of benzene rings is 2. The standard InChI is InChI=1S/C17H13Cl2N3O4/c18-13-6-4-10(21-7-1-2-16(21)23)9-15(13)20-17(24)12-5-3-11(22(25)26)8-14(12)19/h3-6,8-9H,1-2,7H2,(H,20,24). The summed E-state index contributed by atoms with van der Waals surface area (Å²) in [7, 11) is 0. The highest BCUT2D eigenvalue weighted by Gasteiger charge is 2.23. The summed E-state index contributed by atoms with van der Waals surface area (Å²) in [5.41, 5.74) is 0.834. The van der Waals surface area contributed by atoms with Gasteiger partial charge in [-0.15, -0.1) is 0 Å². The zero-order valence-electron chi connectivity index (χ0n) is 13.4. The highest BCUT2D eigenvalue weighted by Crippen LogP contribution is 2.31. The fourth-order valence-electron chi connectivity index (χ4n) is 2.69. The molecule has 2 aromatic carbocycles. The highest BCUT2D eigenvalue weighted by molar-refractivity contribution is 6.36. The number of nitrogens with zero attached hydrogens (tertiary/aromatic N) is 2. The van der Waals surface area contributed by atoms with E-state index in [9.17, 15) is 19.7 Å². The normalized spacial score (nSPS) is 13.8. The molecule has 1 fully saturated rings. The molecule has 0 aliphatic carbocycles. The molecule has 26 heavy (non-hydrogen) atoms. The van der Waals surface area contributed by atoms with E-state index >= 15 is 0 Å². The van der Waals surface area contributed by atoms with E-state index in [0.717, 1.165) is 12.5 Å². The van der Waals surface area contributed by atoms with Gasteiger partial charge in [-0.1, -0.05) is 23.2 Å². The molecule has 0 spiro atoms. The van der Waals surface area contributed by atoms with Gasteiger partial charge in [-0.3, -0.25) is 19.7 Å². The van der Waals surface area contributed by atoms with Crippen LogP contribution in [0.2, 0.25) is 10.0 Å². The second-order valence-corrected chi connectivity index (χ2v) is 6.50. The molecule has 1 aliphatic rings. The summed E-state index contributed by atoms with van der Waals surface area (Å²) in [5, 5.41) is 13.6. The molecule has 2 amide bonds. The Kier molecular flexibility index (Phi) is 5.11. The van der Waals surface area contributed by atoms with Crippen molar-refractivity contribution < 1.29 is 14.5 Å². The number of rotatable bonds is 4. The summed E-state index contributed by atoms with van der Waals surface area (Å²) in [6, 6.07) is 8.50. The minimum absolute atomic E-state index is 0.0167. The molecule has 0 saturated carbocycles. The van der Waals surface area contributed by atoms with Crippen molar-refractivity contribution in [3.8, 4) is 0 Å². The minimum atomic E-state index is -0.596. The average Bonchev–Trinajstić information content (AvgIpc) is 3.02. The fourth-order valence-corrected chi connectivity index (χ4v) is 3.11. The Labute approximate surface area is 158 Å². The maximum absolute atomic E-state index is 12.5. The maximum atomic E-state index is 12.5. The lowest BCUT2D eigenvalue weighted by atomic mass is 10.2. The molecular formula is C17H13Cl2N3O4. The number of nitrogens with one attached hydrogen (secondary N) is 1. The zero-order valence-corrected chi connectivity index (χ0v) is 14.9. The number of carbonyl (C=O) groups excluding carboxylic acids is 2. The number of halogens is 2. The van der Waals surface area contributed by atoms with Crippen molar-refractivity contribution in [1.82, 2.24) is 0 Å². The molecule has 0 radical (unpaired) electrons. The monoisotopic (exact) mass is 393 g/mol. The van der Waals surface area contributed by atoms with Crippen LogP contribution in [0.4, 0.5) is 17.1 Å². The molecule has 0 atom stereocenters. The molecular weight excluding hydrogens is 381 g/mol. The molecule has 1 N–H and O–H groups in total. The molecule has 1 saturated heterocycles. The summed E-state index contributed by atoms with van der Waals surface area (Å²) in [6.07, 6.45) is 1.27. The van der Waals surface area contributed by atoms with E-state index in [1.807, 2.05) is 0 Å². The summed E-state index contributed by atoms with van der Waals surface area (Å²) in [6.45, 7) is 0.613. The van der Waals surface area contributed by atoms with Crippen molar-refractivity contribution in [2.45, 2.75) is 12.8 Å². The number of amides is 2. The SMILES string of the molecule is O=C(Nc1cc(N2CCCC2=O)ccc1Cl)c1ccc([N+](=O)[O-])cc1Cl. The number of hydrogen-bond donors (Lipinski definition) is 1. The third-order valence-corrected chi connectivity index (χ3v) is 4.63. The average molecular weight is 394 g/mol. The molecule has 9 heteroatoms. The van der Waals surface area contributed by atoms with Crippen molar-refractivity contribution in [1.29, 1.82) is 0 Å². The molecule has 2 aromatic rings. The number of non-ortho nitro benzene ring substituents is 1. The first-order valence-electron chi connectivity index (χ1n) is 7.72. The Morgan fingerprint density at radius 3 is 2.54 bits per heavy atom. The fraction of sp³-hybridized carbons (Fsp3) is 0.176. The van der Waals surface area contributed by atoms with E-state index in [-0.39, 0.29) is 22.2 Å². The number of anilines is 2. The third-order valence-electron chi connectivity index (χ3n) is 3.99. The van der Waals surface area contributed by atoms with Crippen molar-refractivity contribution in [3.05, 3.63) is 62.1 Å². The van der Waals surface area contributed by atoms with Crippen molar-refractivity contribution in [3.63, 3.8) is 0 Å². The molecule has 0 bridgehead atoms. The van der Waals surface area contributed by atoms with E-state index in [0.29, 0.717) is 29.4 Å². The van der Waals surface area contributed by atoms with Gasteiger partial charge in [0.2, 0.25) is 5.91 Å². The van der Waals surface area contributed by atoms with Crippen LogP contribution in [0.15, 0.2) is 36.4 Å². The number of nitro benzene ring substituents is 1. The van der Waals surface area contributed by atoms with E-state index in [1.165, 1.54) is 12.1 Å². The topological polar surface area (TPSA) is 92.6 Å². The molecule has 1 heterocycles. The Hall–Kier alpha value is -2.64. The first-order chi connectivity index (χ1) is 12.4. The lowest BCUT2D eigenvalue weighted by Gasteiger charge is -2.17. The molecule has 3 rings (SSSR count). The number of hydrogen-bond acceptors (Lipinski definition) is 4. The summed E-state index contributed by atoms with van der Waals surface area (Å²) >= 11 is 12.1. The molecule has 1 aliphatic heterocycles. The van der Waals surface area contributed by atoms with Crippen LogP contribution in [0.5, 0.6) is 0 Å². The first-order valence-corrected chi connectivity index (χ1v) is 8.47. The minimum Gasteiger partial charge on any atom is -0.321 e. The van der Waals surface area contributed by atoms with Gasteiger partial charge in [-0.05, 0) is 30.7 Å². The Bertz CT molecular complexity index is 917. The third kappa shape index (κ3) is 3.63. The van der Waals surface area contributed by atoms with Crippen LogP contribution in [0.25, 0.3) is 0 Å². The van der Waals surface area contributed by atoms with Crippen molar-refractivity contribution in [2.75, 3.05) is 16.8 Å². The van der Waals surface area contributed by atoms with E-state index in [2.05, 4.69) is 5.32 Å². The van der Waals surface area contributed by atoms with Crippen molar-refractivity contribution >= 4 is 52.1 Å². The van der Waals surface area contributed by atoms with E-state index in [4.69, 9.17) is 23.2 Å². The highest BCUT2D eigenvalue weighted by atomic mass is 35.5. The van der Waals surface area contributed by atoms with E-state index < -0.39 is 10.8 Å². The van der Waals surface area contributed by atoms with Gasteiger partial charge in [0, 0.05) is 30.8 Å². The number of carbonyl (C=O) groups is 2. The zero-order chi connectivity index (χ0) is 18.8. The molecule has 134 valence electrons. The van der Waals surface area contributed by atoms with Crippen LogP contribution >= 0.6 is 23.2 Å². The second-order valence-electron chi connectivity index (χ2n) is 5.69. The van der Waals surface area contributed by atoms with Crippen molar-refractivity contribution in [2.24, 2.45) is 0 Å². The largest absolute Gasteiger partial charge is 0.321 e. The Morgan fingerprint density at radius 1 is 1.15 bits per heavy atom.